The number of ether oxygens (including phenoxy) is 1. The molecule has 0 aromatic heterocycles. The summed E-state index contributed by atoms with van der Waals surface area (Å²) in [5, 5.41) is 2.86. The van der Waals surface area contributed by atoms with Gasteiger partial charge in [0.25, 0.3) is 5.91 Å². The summed E-state index contributed by atoms with van der Waals surface area (Å²) in [6.07, 6.45) is 10.7. The SMILES string of the molecule is C.Nc1ccccc1NC(=O)c1ccc(OC2CCCN(CC3CCCCC3)CC2)cc1. The topological polar surface area (TPSA) is 67.6 Å². The Morgan fingerprint density at radius 1 is 0.938 bits per heavy atom. The zero-order valence-electron chi connectivity index (χ0n) is 18.4. The van der Waals surface area contributed by atoms with Gasteiger partial charge >= 0.3 is 0 Å². The van der Waals surface area contributed by atoms with Gasteiger partial charge in [-0.3, -0.25) is 4.79 Å². The van der Waals surface area contributed by atoms with Gasteiger partial charge in [-0.15, -0.1) is 0 Å². The van der Waals surface area contributed by atoms with Crippen LogP contribution in [-0.2, 0) is 0 Å². The molecule has 1 heterocycles. The standard InChI is InChI=1S/C26H35N3O2.CH4/c27-24-10-4-5-11-25(24)28-26(30)21-12-14-23(15-13-21)31-22-9-6-17-29(18-16-22)19-20-7-2-1-3-8-20;/h4-5,10-15,20,22H,1-3,6-9,16-19,27H2,(H,28,30);1H4. The summed E-state index contributed by atoms with van der Waals surface area (Å²) in [5.74, 6) is 1.56. The summed E-state index contributed by atoms with van der Waals surface area (Å²) in [5.41, 5.74) is 7.69. The molecule has 0 bridgehead atoms. The Balaban J connectivity index is 0.00000289. The number of likely N-dealkylation sites (tertiary alicyclic amines) is 1. The highest BCUT2D eigenvalue weighted by molar-refractivity contribution is 6.05. The molecule has 1 amide bonds. The Labute approximate surface area is 193 Å². The highest BCUT2D eigenvalue weighted by atomic mass is 16.5. The third-order valence-electron chi connectivity index (χ3n) is 6.64. The van der Waals surface area contributed by atoms with Gasteiger partial charge in [-0.1, -0.05) is 38.8 Å². The monoisotopic (exact) mass is 437 g/mol. The van der Waals surface area contributed by atoms with Crippen molar-refractivity contribution in [3.63, 3.8) is 0 Å². The first-order chi connectivity index (χ1) is 15.2. The molecule has 3 N–H and O–H groups in total. The van der Waals surface area contributed by atoms with Crippen molar-refractivity contribution in [2.45, 2.75) is 64.9 Å². The fourth-order valence-electron chi connectivity index (χ4n) is 4.84. The number of nitrogen functional groups attached to an aromatic ring is 1. The third-order valence-corrected chi connectivity index (χ3v) is 6.64. The van der Waals surface area contributed by atoms with Crippen molar-refractivity contribution in [3.8, 4) is 5.75 Å². The van der Waals surface area contributed by atoms with Gasteiger partial charge in [0.15, 0.2) is 0 Å². The minimum Gasteiger partial charge on any atom is -0.490 e. The van der Waals surface area contributed by atoms with Crippen LogP contribution in [0, 0.1) is 5.92 Å². The van der Waals surface area contributed by atoms with E-state index in [1.54, 1.807) is 12.1 Å². The second kappa shape index (κ2) is 11.9. The molecule has 2 fully saturated rings. The molecule has 0 spiro atoms. The van der Waals surface area contributed by atoms with E-state index >= 15 is 0 Å². The van der Waals surface area contributed by atoms with Gasteiger partial charge in [0.1, 0.15) is 5.75 Å². The summed E-state index contributed by atoms with van der Waals surface area (Å²) in [7, 11) is 0. The Morgan fingerprint density at radius 2 is 1.69 bits per heavy atom. The van der Waals surface area contributed by atoms with Gasteiger partial charge < -0.3 is 20.7 Å². The first kappa shape index (κ1) is 24.1. The first-order valence-corrected chi connectivity index (χ1v) is 11.8. The average Bonchev–Trinajstić information content (AvgIpc) is 3.01. The molecule has 32 heavy (non-hydrogen) atoms. The maximum Gasteiger partial charge on any atom is 0.255 e. The maximum absolute atomic E-state index is 12.5. The number of para-hydroxylation sites is 2. The fourth-order valence-corrected chi connectivity index (χ4v) is 4.84. The largest absolute Gasteiger partial charge is 0.490 e. The lowest BCUT2D eigenvalue weighted by Crippen LogP contribution is -2.32. The van der Waals surface area contributed by atoms with Crippen LogP contribution in [0.25, 0.3) is 0 Å². The van der Waals surface area contributed by atoms with Crippen LogP contribution in [0.3, 0.4) is 0 Å². The lowest BCUT2D eigenvalue weighted by atomic mass is 9.89. The van der Waals surface area contributed by atoms with Crippen molar-refractivity contribution in [2.24, 2.45) is 5.92 Å². The second-order valence-corrected chi connectivity index (χ2v) is 9.04. The quantitative estimate of drug-likeness (QED) is 0.546. The number of anilines is 2. The third kappa shape index (κ3) is 6.73. The number of nitrogens with one attached hydrogen (secondary N) is 1. The number of hydrogen-bond donors (Lipinski definition) is 2. The summed E-state index contributed by atoms with van der Waals surface area (Å²) in [6, 6.07) is 14.7. The lowest BCUT2D eigenvalue weighted by Gasteiger charge is -2.28. The Morgan fingerprint density at radius 3 is 2.44 bits per heavy atom. The molecule has 2 aromatic carbocycles. The van der Waals surface area contributed by atoms with Crippen molar-refractivity contribution in [2.75, 3.05) is 30.7 Å². The number of nitrogens with zero attached hydrogens (tertiary/aromatic N) is 1. The van der Waals surface area contributed by atoms with Crippen LogP contribution >= 0.6 is 0 Å². The van der Waals surface area contributed by atoms with E-state index < -0.39 is 0 Å². The molecule has 2 aromatic rings. The number of nitrogens with two attached hydrogens (primary N) is 1. The van der Waals surface area contributed by atoms with E-state index in [1.807, 2.05) is 36.4 Å². The van der Waals surface area contributed by atoms with Crippen LogP contribution < -0.4 is 15.8 Å². The van der Waals surface area contributed by atoms with Gasteiger partial charge in [0, 0.05) is 18.7 Å². The predicted molar refractivity (Wildman–Crippen MR) is 133 cm³/mol. The van der Waals surface area contributed by atoms with Crippen LogP contribution in [0.2, 0.25) is 0 Å². The second-order valence-electron chi connectivity index (χ2n) is 9.04. The molecule has 4 rings (SSSR count). The van der Waals surface area contributed by atoms with Crippen molar-refractivity contribution < 1.29 is 9.53 Å². The van der Waals surface area contributed by atoms with Gasteiger partial charge in [-0.25, -0.2) is 0 Å². The highest BCUT2D eigenvalue weighted by Crippen LogP contribution is 2.26. The number of rotatable bonds is 6. The molecule has 1 atom stereocenters. The molecular formula is C27H39N3O2. The van der Waals surface area contributed by atoms with Crippen LogP contribution in [0.4, 0.5) is 11.4 Å². The smallest absolute Gasteiger partial charge is 0.255 e. The minimum absolute atomic E-state index is 0. The predicted octanol–water partition coefficient (Wildman–Crippen LogP) is 5.97. The number of carbonyl (C=O) groups excluding carboxylic acids is 1. The Hall–Kier alpha value is -2.53. The van der Waals surface area contributed by atoms with E-state index in [4.69, 9.17) is 10.5 Å². The van der Waals surface area contributed by atoms with Gasteiger partial charge in [-0.2, -0.15) is 0 Å². The molecule has 174 valence electrons. The van der Waals surface area contributed by atoms with Crippen LogP contribution in [0.15, 0.2) is 48.5 Å². The first-order valence-electron chi connectivity index (χ1n) is 11.8. The maximum atomic E-state index is 12.5. The van der Waals surface area contributed by atoms with E-state index in [-0.39, 0.29) is 19.4 Å². The van der Waals surface area contributed by atoms with Crippen molar-refractivity contribution >= 4 is 17.3 Å². The van der Waals surface area contributed by atoms with E-state index in [0.29, 0.717) is 16.9 Å². The Kier molecular flexibility index (Phi) is 8.98. The summed E-state index contributed by atoms with van der Waals surface area (Å²) < 4.78 is 6.27. The zero-order valence-corrected chi connectivity index (χ0v) is 18.4. The van der Waals surface area contributed by atoms with E-state index in [1.165, 1.54) is 51.6 Å². The highest BCUT2D eigenvalue weighted by Gasteiger charge is 2.22. The molecule has 5 nitrogen and oxygen atoms in total. The van der Waals surface area contributed by atoms with Crippen LogP contribution in [-0.4, -0.2) is 36.5 Å². The van der Waals surface area contributed by atoms with Crippen LogP contribution in [0.1, 0.15) is 69.2 Å². The summed E-state index contributed by atoms with van der Waals surface area (Å²) in [4.78, 5) is 15.2. The zero-order chi connectivity index (χ0) is 21.5. The van der Waals surface area contributed by atoms with E-state index in [9.17, 15) is 4.79 Å². The molecule has 1 unspecified atom stereocenters. The molecule has 1 saturated carbocycles. The number of hydrogen-bond acceptors (Lipinski definition) is 4. The molecular weight excluding hydrogens is 398 g/mol. The van der Waals surface area contributed by atoms with Crippen molar-refractivity contribution in [1.29, 1.82) is 0 Å². The van der Waals surface area contributed by atoms with Gasteiger partial charge in [0.05, 0.1) is 17.5 Å². The molecule has 1 saturated heterocycles. The van der Waals surface area contributed by atoms with Crippen molar-refractivity contribution in [3.05, 3.63) is 54.1 Å². The molecule has 1 aliphatic heterocycles. The average molecular weight is 438 g/mol. The fraction of sp³-hybridized carbons (Fsp3) is 0.519. The summed E-state index contributed by atoms with van der Waals surface area (Å²) >= 11 is 0. The number of benzene rings is 2. The van der Waals surface area contributed by atoms with Gasteiger partial charge in [-0.05, 0) is 81.0 Å². The minimum atomic E-state index is -0.169. The number of amides is 1. The normalized spacial score (nSPS) is 20.1. The molecule has 0 radical (unpaired) electrons. The molecule has 2 aliphatic rings. The van der Waals surface area contributed by atoms with E-state index in [2.05, 4.69) is 10.2 Å². The summed E-state index contributed by atoms with van der Waals surface area (Å²) in [6.45, 7) is 3.58. The molecule has 5 heteroatoms. The van der Waals surface area contributed by atoms with Crippen LogP contribution in [0.5, 0.6) is 5.75 Å². The Bertz CT molecular complexity index is 846. The lowest BCUT2D eigenvalue weighted by molar-refractivity contribution is 0.102. The number of carbonyl (C=O) groups is 1. The molecule has 1 aliphatic carbocycles. The van der Waals surface area contributed by atoms with E-state index in [0.717, 1.165) is 31.1 Å². The van der Waals surface area contributed by atoms with Crippen molar-refractivity contribution in [1.82, 2.24) is 4.90 Å². The van der Waals surface area contributed by atoms with Gasteiger partial charge in [0.2, 0.25) is 0 Å².